The molecular weight excluding hydrogens is 373 g/mol. The maximum Gasteiger partial charge on any atom is 0.329 e. The van der Waals surface area contributed by atoms with Crippen molar-refractivity contribution in [1.29, 1.82) is 0 Å². The highest BCUT2D eigenvalue weighted by Crippen LogP contribution is 2.64. The monoisotopic (exact) mass is 401 g/mol. The minimum Gasteiger partial charge on any atom is -0.422 e. The van der Waals surface area contributed by atoms with Crippen molar-refractivity contribution in [1.82, 2.24) is 0 Å². The molecule has 0 aromatic heterocycles. The number of esters is 2. The molecule has 3 atom stereocenters. The Morgan fingerprint density at radius 2 is 1.69 bits per heavy atom. The first-order valence-electron chi connectivity index (χ1n) is 10.4. The van der Waals surface area contributed by atoms with Gasteiger partial charge < -0.3 is 14.4 Å². The van der Waals surface area contributed by atoms with Gasteiger partial charge in [-0.05, 0) is 41.7 Å². The number of anilines is 1. The first kappa shape index (κ1) is 18.9. The minimum absolute atomic E-state index is 0.0311. The van der Waals surface area contributed by atoms with Crippen molar-refractivity contribution in [2.45, 2.75) is 78.2 Å². The largest absolute Gasteiger partial charge is 0.422 e. The Bertz CT molecular complexity index is 919. The van der Waals surface area contributed by atoms with E-state index in [0.29, 0.717) is 11.3 Å². The number of benzene rings is 1. The molecule has 3 fully saturated rings. The highest BCUT2D eigenvalue weighted by molar-refractivity contribution is 6.04. The van der Waals surface area contributed by atoms with Crippen LogP contribution in [0.5, 0.6) is 0 Å². The summed E-state index contributed by atoms with van der Waals surface area (Å²) in [5.74, 6) is -2.68. The molecule has 156 valence electrons. The van der Waals surface area contributed by atoms with Gasteiger partial charge in [0, 0.05) is 26.3 Å². The van der Waals surface area contributed by atoms with E-state index in [1.165, 1.54) is 6.07 Å². The van der Waals surface area contributed by atoms with Crippen LogP contribution in [0.2, 0.25) is 0 Å². The molecule has 3 aliphatic heterocycles. The molecule has 1 saturated carbocycles. The van der Waals surface area contributed by atoms with Crippen LogP contribution in [0, 0.1) is 22.1 Å². The number of halogens is 1. The van der Waals surface area contributed by atoms with E-state index < -0.39 is 29.2 Å². The van der Waals surface area contributed by atoms with E-state index in [0.717, 1.165) is 19.3 Å². The van der Waals surface area contributed by atoms with Gasteiger partial charge in [0.15, 0.2) is 5.41 Å². The second-order valence-electron chi connectivity index (χ2n) is 10.9. The van der Waals surface area contributed by atoms with E-state index in [1.54, 1.807) is 19.9 Å². The fraction of sp³-hybridized carbons (Fsp3) is 0.652. The fourth-order valence-electron chi connectivity index (χ4n) is 7.07. The van der Waals surface area contributed by atoms with Gasteiger partial charge in [0.05, 0.1) is 11.7 Å². The van der Waals surface area contributed by atoms with Crippen LogP contribution in [0.15, 0.2) is 18.2 Å². The Balaban J connectivity index is 1.77. The molecular formula is C23H28FNO4. The molecule has 3 heterocycles. The molecule has 1 aliphatic carbocycles. The molecule has 0 N–H and O–H groups in total. The summed E-state index contributed by atoms with van der Waals surface area (Å²) in [6.45, 7) is 9.71. The van der Waals surface area contributed by atoms with Crippen LogP contribution in [0.4, 0.5) is 10.1 Å². The number of rotatable bonds is 0. The molecule has 0 amide bonds. The number of para-hydroxylation sites is 1. The van der Waals surface area contributed by atoms with Gasteiger partial charge in [-0.1, -0.05) is 32.9 Å². The number of cyclic esters (lactones) is 2. The number of hydrogen-bond acceptors (Lipinski definition) is 5. The molecule has 1 spiro atoms. The van der Waals surface area contributed by atoms with E-state index in [9.17, 15) is 9.59 Å². The van der Waals surface area contributed by atoms with E-state index in [4.69, 9.17) is 9.47 Å². The molecule has 4 aliphatic rings. The zero-order valence-corrected chi connectivity index (χ0v) is 17.7. The molecule has 29 heavy (non-hydrogen) atoms. The van der Waals surface area contributed by atoms with Crippen molar-refractivity contribution in [2.24, 2.45) is 16.2 Å². The van der Waals surface area contributed by atoms with E-state index in [1.807, 2.05) is 11.0 Å². The molecule has 0 radical (unpaired) electrons. The van der Waals surface area contributed by atoms with Crippen molar-refractivity contribution in [3.05, 3.63) is 29.6 Å². The Kier molecular flexibility index (Phi) is 3.47. The van der Waals surface area contributed by atoms with Crippen LogP contribution in [-0.2, 0) is 25.5 Å². The summed E-state index contributed by atoms with van der Waals surface area (Å²) in [4.78, 5) is 29.0. The first-order chi connectivity index (χ1) is 13.4. The summed E-state index contributed by atoms with van der Waals surface area (Å²) in [7, 11) is 0. The Hall–Kier alpha value is -2.11. The summed E-state index contributed by atoms with van der Waals surface area (Å²) < 4.78 is 26.4. The van der Waals surface area contributed by atoms with Crippen LogP contribution in [0.3, 0.4) is 0 Å². The van der Waals surface area contributed by atoms with Gasteiger partial charge in [-0.2, -0.15) is 0 Å². The van der Waals surface area contributed by atoms with Gasteiger partial charge in [-0.15, -0.1) is 0 Å². The predicted molar refractivity (Wildman–Crippen MR) is 105 cm³/mol. The maximum absolute atomic E-state index is 15.1. The van der Waals surface area contributed by atoms with Crippen molar-refractivity contribution in [3.8, 4) is 0 Å². The van der Waals surface area contributed by atoms with Crippen molar-refractivity contribution in [2.75, 3.05) is 4.90 Å². The summed E-state index contributed by atoms with van der Waals surface area (Å²) >= 11 is 0. The number of nitrogens with zero attached hydrogens (tertiary/aromatic N) is 1. The third-order valence-corrected chi connectivity index (χ3v) is 7.37. The van der Waals surface area contributed by atoms with Gasteiger partial charge >= 0.3 is 11.9 Å². The molecule has 0 unspecified atom stereocenters. The Labute approximate surface area is 170 Å². The van der Waals surface area contributed by atoms with Crippen LogP contribution >= 0.6 is 0 Å². The van der Waals surface area contributed by atoms with Gasteiger partial charge in [0.2, 0.25) is 0 Å². The normalized spacial score (nSPS) is 35.6. The number of ether oxygens (including phenoxy) is 2. The van der Waals surface area contributed by atoms with E-state index >= 15 is 4.39 Å². The van der Waals surface area contributed by atoms with Crippen LogP contribution in [0.1, 0.15) is 59.4 Å². The number of carbonyl (C=O) groups is 2. The summed E-state index contributed by atoms with van der Waals surface area (Å²) in [5.41, 5.74) is -0.556. The van der Waals surface area contributed by atoms with Crippen molar-refractivity contribution in [3.63, 3.8) is 0 Å². The molecule has 5 nitrogen and oxygen atoms in total. The highest BCUT2D eigenvalue weighted by atomic mass is 19.1. The lowest BCUT2D eigenvalue weighted by atomic mass is 9.57. The molecule has 2 saturated heterocycles. The van der Waals surface area contributed by atoms with Gasteiger partial charge in [-0.25, -0.2) is 4.39 Å². The first-order valence-corrected chi connectivity index (χ1v) is 10.4. The lowest BCUT2D eigenvalue weighted by Gasteiger charge is -2.53. The van der Waals surface area contributed by atoms with Gasteiger partial charge in [-0.3, -0.25) is 9.59 Å². The fourth-order valence-corrected chi connectivity index (χ4v) is 7.07. The summed E-state index contributed by atoms with van der Waals surface area (Å²) in [5, 5.41) is 0. The number of hydrogen-bond donors (Lipinski definition) is 0. The van der Waals surface area contributed by atoms with Crippen LogP contribution in [0.25, 0.3) is 0 Å². The average Bonchev–Trinajstić information content (AvgIpc) is 2.78. The molecule has 5 rings (SSSR count). The zero-order valence-electron chi connectivity index (χ0n) is 17.7. The standard InChI is InChI=1S/C23H28FNO4/c1-20(2)10-14-11-22(5,12-20)17-23(18(26)28-21(3,4)29-19(23)27)9-13-7-6-8-15(24)16(13)25(14)17/h6-8,14,17H,9-12H2,1-5H3/t14-,17-,22-/m0/s1. The van der Waals surface area contributed by atoms with Gasteiger partial charge in [0.25, 0.3) is 5.79 Å². The van der Waals surface area contributed by atoms with Crippen LogP contribution in [-0.4, -0.2) is 29.8 Å². The maximum atomic E-state index is 15.1. The third-order valence-electron chi connectivity index (χ3n) is 7.37. The van der Waals surface area contributed by atoms with Crippen molar-refractivity contribution >= 4 is 17.6 Å². The third kappa shape index (κ3) is 2.37. The predicted octanol–water partition coefficient (Wildman–Crippen LogP) is 3.98. The highest BCUT2D eigenvalue weighted by Gasteiger charge is 2.72. The molecule has 2 bridgehead atoms. The quantitative estimate of drug-likeness (QED) is 0.486. The molecule has 1 aromatic rings. The number of fused-ring (bicyclic) bond motifs is 8. The topological polar surface area (TPSA) is 55.8 Å². The number of carbonyl (C=O) groups excluding carboxylic acids is 2. The minimum atomic E-state index is -1.47. The Morgan fingerprint density at radius 1 is 1.03 bits per heavy atom. The second-order valence-corrected chi connectivity index (χ2v) is 10.9. The smallest absolute Gasteiger partial charge is 0.329 e. The van der Waals surface area contributed by atoms with E-state index in [2.05, 4.69) is 20.8 Å². The second kappa shape index (κ2) is 5.32. The van der Waals surface area contributed by atoms with Gasteiger partial charge in [0.1, 0.15) is 5.82 Å². The van der Waals surface area contributed by atoms with Crippen LogP contribution < -0.4 is 4.90 Å². The molecule has 1 aromatic carbocycles. The zero-order chi connectivity index (χ0) is 21.0. The molecule has 6 heteroatoms. The SMILES string of the molecule is CC1(C)C[C@H]2C[C@@](C)(C1)[C@@H]1N2c2c(F)cccc2CC12C(=O)OC(C)(C)OC2=O. The average molecular weight is 401 g/mol. The summed E-state index contributed by atoms with van der Waals surface area (Å²) in [6, 6.07) is 4.50. The lowest BCUT2D eigenvalue weighted by molar-refractivity contribution is -0.255. The lowest BCUT2D eigenvalue weighted by Crippen LogP contribution is -2.67. The van der Waals surface area contributed by atoms with E-state index in [-0.39, 0.29) is 29.1 Å². The van der Waals surface area contributed by atoms with Crippen molar-refractivity contribution < 1.29 is 23.5 Å². The summed E-state index contributed by atoms with van der Waals surface area (Å²) in [6.07, 6.45) is 2.67. The Morgan fingerprint density at radius 3 is 2.34 bits per heavy atom.